The molecule has 0 saturated carbocycles. The van der Waals surface area contributed by atoms with Gasteiger partial charge in [0.2, 0.25) is 5.75 Å². The monoisotopic (exact) mass is 644 g/mol. The number of phenols is 2. The van der Waals surface area contributed by atoms with Crippen LogP contribution in [0.15, 0.2) is 89.4 Å². The predicted octanol–water partition coefficient (Wildman–Crippen LogP) is 7.28. The van der Waals surface area contributed by atoms with Gasteiger partial charge in [-0.05, 0) is 30.7 Å². The number of ketones is 2. The summed E-state index contributed by atoms with van der Waals surface area (Å²) in [5.74, 6) is -6.66. The molecule has 0 aliphatic heterocycles. The molecule has 0 unspecified atom stereocenters. The van der Waals surface area contributed by atoms with Crippen molar-refractivity contribution in [2.45, 2.75) is 32.6 Å². The van der Waals surface area contributed by atoms with Crippen LogP contribution in [-0.4, -0.2) is 40.3 Å². The first kappa shape index (κ1) is 31.2. The van der Waals surface area contributed by atoms with Gasteiger partial charge in [-0.15, -0.1) is 0 Å². The molecule has 0 spiro atoms. The van der Waals surface area contributed by atoms with Crippen LogP contribution in [0.25, 0.3) is 0 Å². The average Bonchev–Trinajstić information content (AvgIpc) is 3.03. The Kier molecular flexibility index (Phi) is 10.5. The minimum absolute atomic E-state index is 0.0266. The van der Waals surface area contributed by atoms with Crippen molar-refractivity contribution in [2.75, 3.05) is 6.61 Å². The van der Waals surface area contributed by atoms with Crippen LogP contribution in [0.5, 0.6) is 17.2 Å². The Morgan fingerprint density at radius 2 is 1.26 bits per heavy atom. The van der Waals surface area contributed by atoms with Gasteiger partial charge in [-0.25, -0.2) is 9.59 Å². The van der Waals surface area contributed by atoms with Crippen LogP contribution < -0.4 is 4.74 Å². The maximum absolute atomic E-state index is 14.2. The maximum Gasteiger partial charge on any atom is 0.343 e. The summed E-state index contributed by atoms with van der Waals surface area (Å²) in [6.07, 6.45) is 3.18. The second-order valence-corrected chi connectivity index (χ2v) is 10.5. The summed E-state index contributed by atoms with van der Waals surface area (Å²) < 4.78 is 11.4. The van der Waals surface area contributed by atoms with Crippen LogP contribution in [0.2, 0.25) is 0 Å². The van der Waals surface area contributed by atoms with Gasteiger partial charge in [0.15, 0.2) is 23.1 Å². The first-order chi connectivity index (χ1) is 20.8. The van der Waals surface area contributed by atoms with E-state index in [-0.39, 0.29) is 23.3 Å². The number of rotatable bonds is 12. The molecular formula is C34H29BrO8. The largest absolute Gasteiger partial charge is 0.504 e. The summed E-state index contributed by atoms with van der Waals surface area (Å²) in [7, 11) is 0. The quantitative estimate of drug-likeness (QED) is 0.0541. The lowest BCUT2D eigenvalue weighted by Gasteiger charge is -2.20. The van der Waals surface area contributed by atoms with Gasteiger partial charge in [-0.1, -0.05) is 103 Å². The third-order valence-corrected chi connectivity index (χ3v) is 7.34. The van der Waals surface area contributed by atoms with E-state index >= 15 is 0 Å². The van der Waals surface area contributed by atoms with Crippen molar-refractivity contribution in [3.05, 3.63) is 123 Å². The predicted molar refractivity (Wildman–Crippen MR) is 163 cm³/mol. The second kappa shape index (κ2) is 14.4. The normalized spacial score (nSPS) is 10.7. The summed E-state index contributed by atoms with van der Waals surface area (Å²) >= 11 is 3.33. The second-order valence-electron chi connectivity index (χ2n) is 9.61. The molecule has 0 radical (unpaired) electrons. The molecule has 0 saturated heterocycles. The van der Waals surface area contributed by atoms with Crippen molar-refractivity contribution < 1.29 is 38.9 Å². The molecule has 0 heterocycles. The molecule has 0 aliphatic carbocycles. The highest BCUT2D eigenvalue weighted by Crippen LogP contribution is 2.46. The van der Waals surface area contributed by atoms with Crippen molar-refractivity contribution in [2.24, 2.45) is 0 Å². The summed E-state index contributed by atoms with van der Waals surface area (Å²) in [6, 6.07) is 21.8. The number of hydrogen-bond donors (Lipinski definition) is 2. The number of esters is 2. The lowest BCUT2D eigenvalue weighted by molar-refractivity contribution is 0.0489. The van der Waals surface area contributed by atoms with Gasteiger partial charge in [0.1, 0.15) is 0 Å². The summed E-state index contributed by atoms with van der Waals surface area (Å²) in [5.41, 5.74) is -1.70. The number of halogens is 1. The Morgan fingerprint density at radius 1 is 0.651 bits per heavy atom. The summed E-state index contributed by atoms with van der Waals surface area (Å²) in [5, 5.41) is 22.4. The molecule has 2 N–H and O–H groups in total. The highest BCUT2D eigenvalue weighted by atomic mass is 79.9. The Labute approximate surface area is 257 Å². The fourth-order valence-electron chi connectivity index (χ4n) is 4.45. The van der Waals surface area contributed by atoms with Crippen LogP contribution in [0.1, 0.15) is 85.2 Å². The molecule has 0 aliphatic rings. The number of benzene rings is 4. The highest BCUT2D eigenvalue weighted by Gasteiger charge is 2.38. The molecule has 220 valence electrons. The van der Waals surface area contributed by atoms with E-state index in [1.54, 1.807) is 54.6 Å². The molecule has 4 aromatic carbocycles. The van der Waals surface area contributed by atoms with Gasteiger partial charge in [0, 0.05) is 15.6 Å². The van der Waals surface area contributed by atoms with E-state index in [1.165, 1.54) is 30.3 Å². The zero-order valence-electron chi connectivity index (χ0n) is 23.3. The fraction of sp³-hybridized carbons (Fsp3) is 0.176. The zero-order valence-corrected chi connectivity index (χ0v) is 24.9. The standard InChI is InChI=1S/C34H29BrO8/c1-2-3-4-13-20-42-34(41)25-26(28(36)21-14-7-5-8-15-21)30(38)31(39)32(43-33(40)22-16-9-6-10-17-22)27(25)29(37)23-18-11-12-19-24(23)35/h5-12,14-19,38-39H,2-4,13,20H2,1H3. The SMILES string of the molecule is CCCCCCOC(=O)c1c(C(=O)c2ccccc2)c(O)c(O)c(OC(=O)c2ccccc2)c1C(=O)c1ccccc1Br. The first-order valence-corrected chi connectivity index (χ1v) is 14.5. The van der Waals surface area contributed by atoms with E-state index in [9.17, 15) is 29.4 Å². The third-order valence-electron chi connectivity index (χ3n) is 6.65. The van der Waals surface area contributed by atoms with Crippen molar-refractivity contribution >= 4 is 39.4 Å². The van der Waals surface area contributed by atoms with E-state index in [1.807, 2.05) is 6.92 Å². The van der Waals surface area contributed by atoms with Crippen LogP contribution in [0.3, 0.4) is 0 Å². The van der Waals surface area contributed by atoms with Gasteiger partial charge in [0.05, 0.1) is 28.9 Å². The molecule has 0 atom stereocenters. The minimum Gasteiger partial charge on any atom is -0.504 e. The zero-order chi connectivity index (χ0) is 30.9. The lowest BCUT2D eigenvalue weighted by Crippen LogP contribution is -2.22. The first-order valence-electron chi connectivity index (χ1n) is 13.7. The molecule has 8 nitrogen and oxygen atoms in total. The Hall–Kier alpha value is -4.76. The van der Waals surface area contributed by atoms with E-state index in [0.717, 1.165) is 19.3 Å². The average molecular weight is 646 g/mol. The number of phenolic OH excluding ortho intramolecular Hbond substituents is 2. The molecule has 0 fully saturated rings. The van der Waals surface area contributed by atoms with E-state index < -0.39 is 57.4 Å². The van der Waals surface area contributed by atoms with Gasteiger partial charge >= 0.3 is 11.9 Å². The molecule has 9 heteroatoms. The van der Waals surface area contributed by atoms with Crippen LogP contribution in [0.4, 0.5) is 0 Å². The van der Waals surface area contributed by atoms with Crippen LogP contribution >= 0.6 is 15.9 Å². The molecular weight excluding hydrogens is 616 g/mol. The number of aromatic hydroxyl groups is 2. The van der Waals surface area contributed by atoms with Crippen molar-refractivity contribution in [3.63, 3.8) is 0 Å². The molecule has 43 heavy (non-hydrogen) atoms. The smallest absolute Gasteiger partial charge is 0.343 e. The highest BCUT2D eigenvalue weighted by molar-refractivity contribution is 9.10. The molecule has 4 aromatic rings. The van der Waals surface area contributed by atoms with Crippen molar-refractivity contribution in [1.29, 1.82) is 0 Å². The topological polar surface area (TPSA) is 127 Å². The molecule has 0 bridgehead atoms. The number of hydrogen-bond acceptors (Lipinski definition) is 8. The Morgan fingerprint density at radius 3 is 1.88 bits per heavy atom. The number of carbonyl (C=O) groups excluding carboxylic acids is 4. The summed E-state index contributed by atoms with van der Waals surface area (Å²) in [4.78, 5) is 54.9. The van der Waals surface area contributed by atoms with E-state index in [4.69, 9.17) is 9.47 Å². The van der Waals surface area contributed by atoms with Crippen molar-refractivity contribution in [1.82, 2.24) is 0 Å². The maximum atomic E-state index is 14.2. The fourth-order valence-corrected chi connectivity index (χ4v) is 4.91. The van der Waals surface area contributed by atoms with Crippen molar-refractivity contribution in [3.8, 4) is 17.2 Å². The van der Waals surface area contributed by atoms with Crippen LogP contribution in [-0.2, 0) is 4.74 Å². The van der Waals surface area contributed by atoms with Gasteiger partial charge in [0.25, 0.3) is 0 Å². The van der Waals surface area contributed by atoms with Gasteiger partial charge < -0.3 is 19.7 Å². The number of unbranched alkanes of at least 4 members (excludes halogenated alkanes) is 3. The molecule has 4 rings (SSSR count). The van der Waals surface area contributed by atoms with E-state index in [2.05, 4.69) is 15.9 Å². The Bertz CT molecular complexity index is 1650. The minimum atomic E-state index is -1.10. The number of carbonyl (C=O) groups is 4. The third kappa shape index (κ3) is 7.01. The Balaban J connectivity index is 1.99. The lowest BCUT2D eigenvalue weighted by atomic mass is 9.88. The van der Waals surface area contributed by atoms with Crippen LogP contribution in [0, 0.1) is 0 Å². The van der Waals surface area contributed by atoms with Gasteiger partial charge in [-0.2, -0.15) is 0 Å². The van der Waals surface area contributed by atoms with Gasteiger partial charge in [-0.3, -0.25) is 9.59 Å². The number of ether oxygens (including phenoxy) is 2. The molecule has 0 amide bonds. The van der Waals surface area contributed by atoms with E-state index in [0.29, 0.717) is 10.9 Å². The molecule has 0 aromatic heterocycles. The summed E-state index contributed by atoms with van der Waals surface area (Å²) in [6.45, 7) is 2.01.